The number of hydrogen-bond acceptors (Lipinski definition) is 3. The van der Waals surface area contributed by atoms with Crippen LogP contribution in [0.1, 0.15) is 30.0 Å². The first-order valence-electron chi connectivity index (χ1n) is 6.78. The molecule has 3 nitrogen and oxygen atoms in total. The van der Waals surface area contributed by atoms with Crippen molar-refractivity contribution in [1.82, 2.24) is 4.90 Å². The number of benzene rings is 1. The average molecular weight is 248 g/mol. The van der Waals surface area contributed by atoms with Gasteiger partial charge in [0.05, 0.1) is 0 Å². The van der Waals surface area contributed by atoms with Gasteiger partial charge >= 0.3 is 0 Å². The molecule has 2 N–H and O–H groups in total. The summed E-state index contributed by atoms with van der Waals surface area (Å²) in [6.45, 7) is 4.53. The summed E-state index contributed by atoms with van der Waals surface area (Å²) in [5.74, 6) is 0. The van der Waals surface area contributed by atoms with Gasteiger partial charge in [0.25, 0.3) is 0 Å². The highest BCUT2D eigenvalue weighted by molar-refractivity contribution is 5.24. The van der Waals surface area contributed by atoms with Crippen molar-refractivity contribution >= 4 is 0 Å². The lowest BCUT2D eigenvalue weighted by Gasteiger charge is -2.37. The molecule has 1 aromatic rings. The minimum atomic E-state index is 0.314. The number of hydrogen-bond donors (Lipinski definition) is 1. The van der Waals surface area contributed by atoms with Crippen LogP contribution in [0, 0.1) is 6.92 Å². The van der Waals surface area contributed by atoms with Crippen molar-refractivity contribution in [3.8, 4) is 0 Å². The van der Waals surface area contributed by atoms with Crippen molar-refractivity contribution in [2.75, 3.05) is 26.8 Å². The third-order valence-electron chi connectivity index (χ3n) is 3.94. The Morgan fingerprint density at radius 3 is 2.44 bits per heavy atom. The number of ether oxygens (including phenoxy) is 1. The molecule has 1 atom stereocenters. The zero-order valence-electron chi connectivity index (χ0n) is 11.4. The topological polar surface area (TPSA) is 38.5 Å². The Balaban J connectivity index is 2.09. The van der Waals surface area contributed by atoms with Crippen LogP contribution in [-0.2, 0) is 4.74 Å². The first-order valence-corrected chi connectivity index (χ1v) is 6.78. The van der Waals surface area contributed by atoms with Crippen molar-refractivity contribution in [3.63, 3.8) is 0 Å². The van der Waals surface area contributed by atoms with Crippen LogP contribution in [0.3, 0.4) is 0 Å². The summed E-state index contributed by atoms with van der Waals surface area (Å²) < 4.78 is 5.43. The second kappa shape index (κ2) is 6.32. The predicted molar refractivity (Wildman–Crippen MR) is 74.6 cm³/mol. The fraction of sp³-hybridized carbons (Fsp3) is 0.600. The Morgan fingerprint density at radius 1 is 1.28 bits per heavy atom. The van der Waals surface area contributed by atoms with E-state index in [4.69, 9.17) is 10.5 Å². The lowest BCUT2D eigenvalue weighted by Crippen LogP contribution is -2.41. The number of aryl methyl sites for hydroxylation is 1. The van der Waals surface area contributed by atoms with Gasteiger partial charge in [0.1, 0.15) is 0 Å². The van der Waals surface area contributed by atoms with E-state index in [1.54, 1.807) is 0 Å². The van der Waals surface area contributed by atoms with E-state index in [0.717, 1.165) is 26.1 Å². The van der Waals surface area contributed by atoms with Crippen LogP contribution in [0.5, 0.6) is 0 Å². The van der Waals surface area contributed by atoms with Gasteiger partial charge in [-0.1, -0.05) is 29.8 Å². The van der Waals surface area contributed by atoms with Gasteiger partial charge in [0.15, 0.2) is 0 Å². The van der Waals surface area contributed by atoms with Crippen LogP contribution >= 0.6 is 0 Å². The van der Waals surface area contributed by atoms with Gasteiger partial charge in [-0.3, -0.25) is 4.90 Å². The molecule has 1 aliphatic rings. The van der Waals surface area contributed by atoms with E-state index in [-0.39, 0.29) is 0 Å². The van der Waals surface area contributed by atoms with Crippen LogP contribution in [0.4, 0.5) is 0 Å². The lowest BCUT2D eigenvalue weighted by molar-refractivity contribution is 0.0294. The Bertz CT molecular complexity index is 357. The maximum absolute atomic E-state index is 5.98. The lowest BCUT2D eigenvalue weighted by atomic mass is 10.00. The minimum absolute atomic E-state index is 0.314. The fourth-order valence-electron chi connectivity index (χ4n) is 2.67. The summed E-state index contributed by atoms with van der Waals surface area (Å²) in [6, 6.07) is 9.62. The molecule has 100 valence electrons. The zero-order valence-corrected chi connectivity index (χ0v) is 11.4. The molecule has 1 fully saturated rings. The molecule has 0 amide bonds. The molecule has 18 heavy (non-hydrogen) atoms. The Morgan fingerprint density at radius 2 is 1.89 bits per heavy atom. The van der Waals surface area contributed by atoms with Crippen LogP contribution in [0.15, 0.2) is 24.3 Å². The first-order chi connectivity index (χ1) is 8.72. The molecule has 1 saturated heterocycles. The van der Waals surface area contributed by atoms with Crippen molar-refractivity contribution in [2.45, 2.75) is 31.8 Å². The molecule has 1 unspecified atom stereocenters. The van der Waals surface area contributed by atoms with E-state index in [0.29, 0.717) is 18.6 Å². The van der Waals surface area contributed by atoms with Gasteiger partial charge in [-0.05, 0) is 32.4 Å². The summed E-state index contributed by atoms with van der Waals surface area (Å²) in [6.07, 6.45) is 2.22. The van der Waals surface area contributed by atoms with Gasteiger partial charge in [-0.25, -0.2) is 0 Å². The second-order valence-electron chi connectivity index (χ2n) is 5.17. The number of rotatable bonds is 4. The smallest absolute Gasteiger partial charge is 0.0480 e. The molecule has 2 rings (SSSR count). The van der Waals surface area contributed by atoms with Crippen LogP contribution < -0.4 is 5.73 Å². The highest BCUT2D eigenvalue weighted by atomic mass is 16.5. The Hall–Kier alpha value is -0.900. The average Bonchev–Trinajstić information content (AvgIpc) is 2.42. The maximum Gasteiger partial charge on any atom is 0.0480 e. The molecule has 1 heterocycles. The molecule has 3 heteroatoms. The quantitative estimate of drug-likeness (QED) is 0.887. The van der Waals surface area contributed by atoms with Crippen LogP contribution in [0.25, 0.3) is 0 Å². The highest BCUT2D eigenvalue weighted by Gasteiger charge is 2.24. The molecule has 0 aliphatic carbocycles. The van der Waals surface area contributed by atoms with Crippen molar-refractivity contribution in [3.05, 3.63) is 35.4 Å². The molecule has 0 bridgehead atoms. The number of nitrogens with zero attached hydrogens (tertiary/aromatic N) is 1. The molecule has 1 aromatic carbocycles. The van der Waals surface area contributed by atoms with E-state index in [9.17, 15) is 0 Å². The van der Waals surface area contributed by atoms with Gasteiger partial charge in [-0.2, -0.15) is 0 Å². The second-order valence-corrected chi connectivity index (χ2v) is 5.17. The van der Waals surface area contributed by atoms with Gasteiger partial charge < -0.3 is 10.5 Å². The SMILES string of the molecule is Cc1ccc(C(CN)N(C)C2CCOCC2)cc1. The van der Waals surface area contributed by atoms with E-state index in [2.05, 4.69) is 43.1 Å². The molecular weight excluding hydrogens is 224 g/mol. The van der Waals surface area contributed by atoms with Crippen molar-refractivity contribution < 1.29 is 4.74 Å². The summed E-state index contributed by atoms with van der Waals surface area (Å²) >= 11 is 0. The van der Waals surface area contributed by atoms with Crippen LogP contribution in [0.2, 0.25) is 0 Å². The molecule has 1 aliphatic heterocycles. The number of likely N-dealkylation sites (N-methyl/N-ethyl adjacent to an activating group) is 1. The monoisotopic (exact) mass is 248 g/mol. The fourth-order valence-corrected chi connectivity index (χ4v) is 2.67. The van der Waals surface area contributed by atoms with Gasteiger partial charge in [0, 0.05) is 31.8 Å². The first kappa shape index (κ1) is 13.5. The maximum atomic E-state index is 5.98. The Kier molecular flexibility index (Phi) is 4.75. The largest absolute Gasteiger partial charge is 0.381 e. The molecule has 0 aromatic heterocycles. The molecule has 0 radical (unpaired) electrons. The van der Waals surface area contributed by atoms with E-state index in [1.165, 1.54) is 11.1 Å². The normalized spacial score (nSPS) is 19.1. The minimum Gasteiger partial charge on any atom is -0.381 e. The van der Waals surface area contributed by atoms with Gasteiger partial charge in [0.2, 0.25) is 0 Å². The predicted octanol–water partition coefficient (Wildman–Crippen LogP) is 2.11. The van der Waals surface area contributed by atoms with E-state index < -0.39 is 0 Å². The highest BCUT2D eigenvalue weighted by Crippen LogP contribution is 2.24. The van der Waals surface area contributed by atoms with E-state index >= 15 is 0 Å². The summed E-state index contributed by atoms with van der Waals surface area (Å²) in [5, 5.41) is 0. The third-order valence-corrected chi connectivity index (χ3v) is 3.94. The van der Waals surface area contributed by atoms with E-state index in [1.807, 2.05) is 0 Å². The van der Waals surface area contributed by atoms with Gasteiger partial charge in [-0.15, -0.1) is 0 Å². The molecule has 0 spiro atoms. The van der Waals surface area contributed by atoms with Crippen LogP contribution in [-0.4, -0.2) is 37.7 Å². The standard InChI is InChI=1S/C15H24N2O/c1-12-3-5-13(6-4-12)15(11-16)17(2)14-7-9-18-10-8-14/h3-6,14-15H,7-11,16H2,1-2H3. The molecule has 0 saturated carbocycles. The number of nitrogens with two attached hydrogens (primary N) is 1. The van der Waals surface area contributed by atoms with Crippen molar-refractivity contribution in [1.29, 1.82) is 0 Å². The Labute approximate surface area is 110 Å². The summed E-state index contributed by atoms with van der Waals surface area (Å²) in [5.41, 5.74) is 8.59. The zero-order chi connectivity index (χ0) is 13.0. The molecular formula is C15H24N2O. The summed E-state index contributed by atoms with van der Waals surface area (Å²) in [7, 11) is 2.19. The third kappa shape index (κ3) is 3.10. The van der Waals surface area contributed by atoms with Crippen molar-refractivity contribution in [2.24, 2.45) is 5.73 Å². The summed E-state index contributed by atoms with van der Waals surface area (Å²) in [4.78, 5) is 2.42.